The Bertz CT molecular complexity index is 1200. The maximum absolute atomic E-state index is 11.3. The molecule has 0 saturated carbocycles. The molecular weight excluding hydrogens is 368 g/mol. The maximum Gasteiger partial charge on any atom is 0.306 e. The van der Waals surface area contributed by atoms with Gasteiger partial charge in [-0.05, 0) is 30.5 Å². The number of carboxylic acids is 1. The van der Waals surface area contributed by atoms with Crippen LogP contribution in [-0.4, -0.2) is 35.6 Å². The molecule has 1 aliphatic rings. The molecule has 4 aromatic rings. The van der Waals surface area contributed by atoms with Gasteiger partial charge in [0.05, 0.1) is 33.7 Å². The van der Waals surface area contributed by atoms with Crippen LogP contribution in [0, 0.1) is 5.92 Å². The van der Waals surface area contributed by atoms with Gasteiger partial charge in [0.1, 0.15) is 17.8 Å². The molecule has 136 valence electrons. The summed E-state index contributed by atoms with van der Waals surface area (Å²) < 4.78 is 1.70. The van der Waals surface area contributed by atoms with Crippen LogP contribution in [0.4, 0.5) is 11.5 Å². The Labute approximate surface area is 158 Å². The van der Waals surface area contributed by atoms with Gasteiger partial charge < -0.3 is 15.4 Å². The van der Waals surface area contributed by atoms with Crippen LogP contribution in [0.15, 0.2) is 30.9 Å². The molecule has 5 rings (SSSR count). The first-order valence-electron chi connectivity index (χ1n) is 8.58. The van der Waals surface area contributed by atoms with Crippen LogP contribution in [0.25, 0.3) is 16.6 Å². The number of pyridine rings is 1. The van der Waals surface area contributed by atoms with Crippen molar-refractivity contribution in [2.24, 2.45) is 5.92 Å². The molecule has 9 heteroatoms. The van der Waals surface area contributed by atoms with E-state index in [9.17, 15) is 9.90 Å². The van der Waals surface area contributed by atoms with E-state index >= 15 is 0 Å². The van der Waals surface area contributed by atoms with Crippen molar-refractivity contribution in [3.05, 3.63) is 47.1 Å². The number of fused-ring (bicyclic) bond motifs is 4. The molecule has 4 aromatic heterocycles. The molecule has 0 aromatic carbocycles. The molecule has 8 nitrogen and oxygen atoms in total. The topological polar surface area (TPSA) is 108 Å². The van der Waals surface area contributed by atoms with E-state index in [1.54, 1.807) is 10.7 Å². The highest BCUT2D eigenvalue weighted by Gasteiger charge is 2.28. The van der Waals surface area contributed by atoms with Crippen molar-refractivity contribution < 1.29 is 9.90 Å². The summed E-state index contributed by atoms with van der Waals surface area (Å²) in [5.41, 5.74) is 4.22. The van der Waals surface area contributed by atoms with Gasteiger partial charge >= 0.3 is 5.97 Å². The fourth-order valence-electron chi connectivity index (χ4n) is 3.75. The molecule has 4 heterocycles. The zero-order chi connectivity index (χ0) is 18.5. The highest BCUT2D eigenvalue weighted by atomic mass is 35.5. The van der Waals surface area contributed by atoms with Gasteiger partial charge in [0.15, 0.2) is 0 Å². The number of carbonyl (C=O) groups is 1. The summed E-state index contributed by atoms with van der Waals surface area (Å²) in [5.74, 6) is -0.477. The molecule has 3 N–H and O–H groups in total. The standard InChI is InChI=1S/C18H15ClN6O2/c19-15-11(4-6-25-13(15)3-5-22-25)23-16-14-10-2-1-9(18(26)27)7-12(10)24-17(14)21-8-20-16/h3-6,8-9H,1-2,7H2,(H,26,27)(H2,20,21,23,24). The first-order chi connectivity index (χ1) is 13.1. The van der Waals surface area contributed by atoms with Gasteiger partial charge in [-0.15, -0.1) is 0 Å². The molecule has 0 spiro atoms. The fourth-order valence-corrected chi connectivity index (χ4v) is 4.01. The Hall–Kier alpha value is -3.13. The van der Waals surface area contributed by atoms with Crippen LogP contribution < -0.4 is 5.32 Å². The van der Waals surface area contributed by atoms with Crippen LogP contribution in [0.5, 0.6) is 0 Å². The van der Waals surface area contributed by atoms with E-state index in [4.69, 9.17) is 11.6 Å². The quantitative estimate of drug-likeness (QED) is 0.502. The molecule has 0 fully saturated rings. The van der Waals surface area contributed by atoms with E-state index in [2.05, 4.69) is 25.4 Å². The summed E-state index contributed by atoms with van der Waals surface area (Å²) in [6.07, 6.45) is 6.74. The predicted octanol–water partition coefficient (Wildman–Crippen LogP) is 3.19. The van der Waals surface area contributed by atoms with Crippen molar-refractivity contribution in [3.8, 4) is 0 Å². The molecular formula is C18H15ClN6O2. The molecule has 0 amide bonds. The van der Waals surface area contributed by atoms with Gasteiger partial charge in [0.2, 0.25) is 0 Å². The number of aliphatic carboxylic acids is 1. The zero-order valence-corrected chi connectivity index (χ0v) is 14.9. The number of nitrogens with one attached hydrogen (secondary N) is 2. The Morgan fingerprint density at radius 3 is 3.11 bits per heavy atom. The second-order valence-corrected chi connectivity index (χ2v) is 7.01. The number of aromatic amines is 1. The van der Waals surface area contributed by atoms with E-state index in [-0.39, 0.29) is 5.92 Å². The van der Waals surface area contributed by atoms with Gasteiger partial charge in [-0.3, -0.25) is 4.79 Å². The first-order valence-corrected chi connectivity index (χ1v) is 8.95. The summed E-state index contributed by atoms with van der Waals surface area (Å²) in [6, 6.07) is 3.68. The first kappa shape index (κ1) is 16.1. The molecule has 0 bridgehead atoms. The van der Waals surface area contributed by atoms with Crippen molar-refractivity contribution in [2.45, 2.75) is 19.3 Å². The minimum absolute atomic E-state index is 0.367. The third-order valence-electron chi connectivity index (χ3n) is 5.09. The van der Waals surface area contributed by atoms with Gasteiger partial charge in [-0.1, -0.05) is 11.6 Å². The van der Waals surface area contributed by atoms with Crippen LogP contribution >= 0.6 is 11.6 Å². The minimum atomic E-state index is -0.760. The summed E-state index contributed by atoms with van der Waals surface area (Å²) in [4.78, 5) is 23.3. The lowest BCUT2D eigenvalue weighted by atomic mass is 9.87. The van der Waals surface area contributed by atoms with Gasteiger partial charge in [0, 0.05) is 18.3 Å². The molecule has 1 atom stereocenters. The number of halogens is 1. The highest BCUT2D eigenvalue weighted by molar-refractivity contribution is 6.36. The second kappa shape index (κ2) is 5.95. The van der Waals surface area contributed by atoms with Gasteiger partial charge in [-0.2, -0.15) is 5.10 Å². The summed E-state index contributed by atoms with van der Waals surface area (Å²) in [6.45, 7) is 0. The summed E-state index contributed by atoms with van der Waals surface area (Å²) >= 11 is 6.52. The maximum atomic E-state index is 11.3. The average Bonchev–Trinajstić information content (AvgIpc) is 3.28. The number of nitrogens with zero attached hydrogens (tertiary/aromatic N) is 4. The Morgan fingerprint density at radius 1 is 1.37 bits per heavy atom. The lowest BCUT2D eigenvalue weighted by Gasteiger charge is -2.18. The van der Waals surface area contributed by atoms with Crippen molar-refractivity contribution in [1.29, 1.82) is 0 Å². The largest absolute Gasteiger partial charge is 0.481 e. The SMILES string of the molecule is O=C(O)C1CCc2c([nH]c3ncnc(Nc4ccn5nccc5c4Cl)c23)C1. The smallest absolute Gasteiger partial charge is 0.306 e. The normalized spacial score (nSPS) is 16.6. The van der Waals surface area contributed by atoms with E-state index in [1.807, 2.05) is 18.3 Å². The monoisotopic (exact) mass is 382 g/mol. The van der Waals surface area contributed by atoms with Crippen LogP contribution in [0.2, 0.25) is 5.02 Å². The lowest BCUT2D eigenvalue weighted by molar-refractivity contribution is -0.142. The van der Waals surface area contributed by atoms with E-state index in [0.717, 1.165) is 27.8 Å². The molecule has 1 aliphatic carbocycles. The van der Waals surface area contributed by atoms with Crippen molar-refractivity contribution >= 4 is 45.6 Å². The Balaban J connectivity index is 1.59. The molecule has 1 unspecified atom stereocenters. The van der Waals surface area contributed by atoms with E-state index < -0.39 is 5.97 Å². The Kier molecular flexibility index (Phi) is 3.54. The van der Waals surface area contributed by atoms with Gasteiger partial charge in [-0.25, -0.2) is 14.5 Å². The number of rotatable bonds is 3. The minimum Gasteiger partial charge on any atom is -0.481 e. The van der Waals surface area contributed by atoms with Crippen molar-refractivity contribution in [3.63, 3.8) is 0 Å². The third kappa shape index (κ3) is 2.52. The lowest BCUT2D eigenvalue weighted by Crippen LogP contribution is -2.21. The summed E-state index contributed by atoms with van der Waals surface area (Å²) in [5, 5.41) is 18.2. The third-order valence-corrected chi connectivity index (χ3v) is 5.49. The van der Waals surface area contributed by atoms with Crippen LogP contribution in [0.3, 0.4) is 0 Å². The number of hydrogen-bond donors (Lipinski definition) is 3. The number of aromatic nitrogens is 5. The van der Waals surface area contributed by atoms with Crippen LogP contribution in [0.1, 0.15) is 17.7 Å². The second-order valence-electron chi connectivity index (χ2n) is 6.64. The van der Waals surface area contributed by atoms with E-state index in [0.29, 0.717) is 35.8 Å². The molecule has 27 heavy (non-hydrogen) atoms. The van der Waals surface area contributed by atoms with Crippen LogP contribution in [-0.2, 0) is 17.6 Å². The number of H-pyrrole nitrogens is 1. The fraction of sp³-hybridized carbons (Fsp3) is 0.222. The number of hydrogen-bond acceptors (Lipinski definition) is 5. The molecule has 0 saturated heterocycles. The number of carboxylic acid groups (broad SMARTS) is 1. The van der Waals surface area contributed by atoms with Crippen molar-refractivity contribution in [2.75, 3.05) is 5.32 Å². The van der Waals surface area contributed by atoms with Gasteiger partial charge in [0.25, 0.3) is 0 Å². The zero-order valence-electron chi connectivity index (χ0n) is 14.1. The molecule has 0 aliphatic heterocycles. The number of aryl methyl sites for hydroxylation is 1. The summed E-state index contributed by atoms with van der Waals surface area (Å²) in [7, 11) is 0. The molecule has 0 radical (unpaired) electrons. The van der Waals surface area contributed by atoms with Crippen molar-refractivity contribution in [1.82, 2.24) is 24.6 Å². The highest BCUT2D eigenvalue weighted by Crippen LogP contribution is 2.36. The number of anilines is 2. The Morgan fingerprint density at radius 2 is 2.26 bits per heavy atom. The predicted molar refractivity (Wildman–Crippen MR) is 101 cm³/mol. The average molecular weight is 383 g/mol. The van der Waals surface area contributed by atoms with E-state index in [1.165, 1.54) is 6.33 Å².